The second-order valence-electron chi connectivity index (χ2n) is 4.99. The Labute approximate surface area is 127 Å². The Balaban J connectivity index is 2.64. The first-order chi connectivity index (χ1) is 9.93. The number of nitrogens with one attached hydrogen (secondary N) is 1. The van der Waals surface area contributed by atoms with Gasteiger partial charge in [0.1, 0.15) is 5.56 Å². The van der Waals surface area contributed by atoms with Crippen LogP contribution in [0.1, 0.15) is 35.8 Å². The van der Waals surface area contributed by atoms with Crippen LogP contribution in [0.3, 0.4) is 0 Å². The Kier molecular flexibility index (Phi) is 4.48. The van der Waals surface area contributed by atoms with E-state index in [0.717, 1.165) is 5.56 Å². The Bertz CT molecular complexity index is 717. The lowest BCUT2D eigenvalue weighted by Crippen LogP contribution is -2.21. The summed E-state index contributed by atoms with van der Waals surface area (Å²) >= 11 is 5.86. The molecule has 2 aromatic rings. The highest BCUT2D eigenvalue weighted by molar-refractivity contribution is 6.30. The number of benzene rings is 1. The van der Waals surface area contributed by atoms with Gasteiger partial charge in [-0.1, -0.05) is 37.6 Å². The number of ether oxygens (including phenoxy) is 1. The van der Waals surface area contributed by atoms with E-state index in [9.17, 15) is 9.59 Å². The summed E-state index contributed by atoms with van der Waals surface area (Å²) in [5.41, 5.74) is 1.75. The van der Waals surface area contributed by atoms with Crippen LogP contribution in [-0.2, 0) is 4.74 Å². The number of esters is 1. The molecule has 21 heavy (non-hydrogen) atoms. The normalized spacial score (nSPS) is 10.7. The second kappa shape index (κ2) is 6.14. The number of carbonyl (C=O) groups excluding carboxylic acids is 1. The summed E-state index contributed by atoms with van der Waals surface area (Å²) in [6.07, 6.45) is 0. The van der Waals surface area contributed by atoms with Crippen molar-refractivity contribution < 1.29 is 9.53 Å². The number of aromatic nitrogens is 1. The molecule has 4 nitrogen and oxygen atoms in total. The quantitative estimate of drug-likeness (QED) is 0.881. The maximum atomic E-state index is 12.3. The molecule has 5 heteroatoms. The van der Waals surface area contributed by atoms with Crippen LogP contribution in [-0.4, -0.2) is 18.1 Å². The molecule has 0 fully saturated rings. The minimum absolute atomic E-state index is 0.0148. The summed E-state index contributed by atoms with van der Waals surface area (Å²) in [4.78, 5) is 27.2. The highest BCUT2D eigenvalue weighted by Crippen LogP contribution is 2.23. The molecule has 1 aromatic heterocycles. The van der Waals surface area contributed by atoms with Crippen LogP contribution < -0.4 is 5.43 Å². The summed E-state index contributed by atoms with van der Waals surface area (Å²) in [5.74, 6) is -0.637. The average molecular weight is 306 g/mol. The molecule has 0 bridgehead atoms. The summed E-state index contributed by atoms with van der Waals surface area (Å²) in [6, 6.07) is 8.53. The largest absolute Gasteiger partial charge is 0.465 e. The number of methoxy groups -OCH3 is 1. The standard InChI is InChI=1S/C16H16ClNO3/c1-9(2)15-14(16(20)21-3)13(19)8-12(18-15)10-4-6-11(17)7-5-10/h4-9H,1-3H3,(H,18,19). The van der Waals surface area contributed by atoms with Crippen LogP contribution in [0.15, 0.2) is 35.1 Å². The number of hydrogen-bond donors (Lipinski definition) is 1. The van der Waals surface area contributed by atoms with E-state index in [1.807, 2.05) is 26.0 Å². The molecule has 0 amide bonds. The van der Waals surface area contributed by atoms with Crippen LogP contribution in [0, 0.1) is 0 Å². The van der Waals surface area contributed by atoms with E-state index < -0.39 is 5.97 Å². The number of carbonyl (C=O) groups is 1. The number of hydrogen-bond acceptors (Lipinski definition) is 3. The maximum Gasteiger partial charge on any atom is 0.343 e. The maximum absolute atomic E-state index is 12.3. The van der Waals surface area contributed by atoms with Gasteiger partial charge in [0.25, 0.3) is 0 Å². The van der Waals surface area contributed by atoms with Gasteiger partial charge in [0.2, 0.25) is 0 Å². The van der Waals surface area contributed by atoms with Crippen molar-refractivity contribution in [1.29, 1.82) is 0 Å². The molecule has 0 aliphatic carbocycles. The lowest BCUT2D eigenvalue weighted by molar-refractivity contribution is 0.0597. The SMILES string of the molecule is COC(=O)c1c(C(C)C)[nH]c(-c2ccc(Cl)cc2)cc1=O. The number of rotatable bonds is 3. The number of H-pyrrole nitrogens is 1. The zero-order valence-corrected chi connectivity index (χ0v) is 12.8. The highest BCUT2D eigenvalue weighted by atomic mass is 35.5. The van der Waals surface area contributed by atoms with Gasteiger partial charge in [-0.05, 0) is 23.6 Å². The van der Waals surface area contributed by atoms with E-state index in [2.05, 4.69) is 4.98 Å². The Hall–Kier alpha value is -2.07. The van der Waals surface area contributed by atoms with Gasteiger partial charge in [-0.15, -0.1) is 0 Å². The first kappa shape index (κ1) is 15.3. The number of halogens is 1. The van der Waals surface area contributed by atoms with E-state index >= 15 is 0 Å². The summed E-state index contributed by atoms with van der Waals surface area (Å²) in [5, 5.41) is 0.622. The van der Waals surface area contributed by atoms with E-state index in [0.29, 0.717) is 16.4 Å². The van der Waals surface area contributed by atoms with E-state index in [1.54, 1.807) is 12.1 Å². The topological polar surface area (TPSA) is 59.2 Å². The number of pyridine rings is 1. The fourth-order valence-corrected chi connectivity index (χ4v) is 2.24. The highest BCUT2D eigenvalue weighted by Gasteiger charge is 2.20. The van der Waals surface area contributed by atoms with Crippen LogP contribution in [0.5, 0.6) is 0 Å². The van der Waals surface area contributed by atoms with E-state index in [1.165, 1.54) is 13.2 Å². The van der Waals surface area contributed by atoms with Crippen molar-refractivity contribution in [2.45, 2.75) is 19.8 Å². The fourth-order valence-electron chi connectivity index (χ4n) is 2.11. The summed E-state index contributed by atoms with van der Waals surface area (Å²) in [6.45, 7) is 3.81. The minimum Gasteiger partial charge on any atom is -0.465 e. The zero-order valence-electron chi connectivity index (χ0n) is 12.1. The molecular formula is C16H16ClNO3. The molecule has 1 aromatic carbocycles. The minimum atomic E-state index is -0.623. The lowest BCUT2D eigenvalue weighted by Gasteiger charge is -2.13. The predicted octanol–water partition coefficient (Wildman–Crippen LogP) is 3.61. The Morgan fingerprint density at radius 2 is 1.86 bits per heavy atom. The van der Waals surface area contributed by atoms with Gasteiger partial charge in [0.05, 0.1) is 7.11 Å². The van der Waals surface area contributed by atoms with Gasteiger partial charge in [-0.25, -0.2) is 4.79 Å². The van der Waals surface area contributed by atoms with Crippen LogP contribution in [0.25, 0.3) is 11.3 Å². The summed E-state index contributed by atoms with van der Waals surface area (Å²) < 4.78 is 4.69. The molecule has 2 rings (SSSR count). The van der Waals surface area contributed by atoms with Gasteiger partial charge < -0.3 is 9.72 Å². The van der Waals surface area contributed by atoms with Gasteiger partial charge in [-0.2, -0.15) is 0 Å². The first-order valence-electron chi connectivity index (χ1n) is 6.55. The van der Waals surface area contributed by atoms with Crippen LogP contribution in [0.4, 0.5) is 0 Å². The van der Waals surface area contributed by atoms with Gasteiger partial charge >= 0.3 is 5.97 Å². The van der Waals surface area contributed by atoms with Gasteiger partial charge in [0, 0.05) is 22.5 Å². The van der Waals surface area contributed by atoms with E-state index in [4.69, 9.17) is 16.3 Å². The Morgan fingerprint density at radius 3 is 2.38 bits per heavy atom. The van der Waals surface area contributed by atoms with Crippen molar-refractivity contribution in [2.75, 3.05) is 7.11 Å². The van der Waals surface area contributed by atoms with Gasteiger partial charge in [-0.3, -0.25) is 4.79 Å². The third-order valence-corrected chi connectivity index (χ3v) is 3.43. The molecule has 0 aliphatic heterocycles. The lowest BCUT2D eigenvalue weighted by atomic mass is 10.0. The number of aromatic amines is 1. The zero-order chi connectivity index (χ0) is 15.6. The van der Waals surface area contributed by atoms with Gasteiger partial charge in [0.15, 0.2) is 5.43 Å². The van der Waals surface area contributed by atoms with Crippen molar-refractivity contribution >= 4 is 17.6 Å². The van der Waals surface area contributed by atoms with Crippen molar-refractivity contribution in [2.24, 2.45) is 0 Å². The molecule has 0 saturated heterocycles. The van der Waals surface area contributed by atoms with Crippen LogP contribution in [0.2, 0.25) is 5.02 Å². The van der Waals surface area contributed by atoms with Crippen molar-refractivity contribution in [3.63, 3.8) is 0 Å². The molecular weight excluding hydrogens is 290 g/mol. The van der Waals surface area contributed by atoms with E-state index in [-0.39, 0.29) is 16.9 Å². The Morgan fingerprint density at radius 1 is 1.24 bits per heavy atom. The molecule has 0 atom stereocenters. The predicted molar refractivity (Wildman–Crippen MR) is 82.9 cm³/mol. The molecule has 110 valence electrons. The third-order valence-electron chi connectivity index (χ3n) is 3.18. The smallest absolute Gasteiger partial charge is 0.343 e. The molecule has 1 heterocycles. The molecule has 0 saturated carbocycles. The monoisotopic (exact) mass is 305 g/mol. The molecule has 0 aliphatic rings. The van der Waals surface area contributed by atoms with Crippen LogP contribution >= 0.6 is 11.6 Å². The van der Waals surface area contributed by atoms with Crippen molar-refractivity contribution in [3.05, 3.63) is 56.8 Å². The molecule has 0 spiro atoms. The fraction of sp³-hybridized carbons (Fsp3) is 0.250. The molecule has 1 N–H and O–H groups in total. The third kappa shape index (κ3) is 3.16. The molecule has 0 unspecified atom stereocenters. The first-order valence-corrected chi connectivity index (χ1v) is 6.93. The van der Waals surface area contributed by atoms with Crippen molar-refractivity contribution in [3.8, 4) is 11.3 Å². The summed E-state index contributed by atoms with van der Waals surface area (Å²) in [7, 11) is 1.26. The average Bonchev–Trinajstić information content (AvgIpc) is 2.46. The van der Waals surface area contributed by atoms with Crippen molar-refractivity contribution in [1.82, 2.24) is 4.98 Å². The molecule has 0 radical (unpaired) electrons. The second-order valence-corrected chi connectivity index (χ2v) is 5.43.